The van der Waals surface area contributed by atoms with Gasteiger partial charge in [0.15, 0.2) is 0 Å². The first-order chi connectivity index (χ1) is 11.0. The minimum absolute atomic E-state index is 0.421. The summed E-state index contributed by atoms with van der Waals surface area (Å²) in [5, 5.41) is 3.94. The third-order valence-corrected chi connectivity index (χ3v) is 4.18. The quantitative estimate of drug-likeness (QED) is 0.434. The van der Waals surface area contributed by atoms with Gasteiger partial charge in [-0.15, -0.1) is 0 Å². The van der Waals surface area contributed by atoms with Gasteiger partial charge in [-0.1, -0.05) is 29.4 Å². The van der Waals surface area contributed by atoms with Crippen LogP contribution in [-0.2, 0) is 9.63 Å². The Kier molecular flexibility index (Phi) is 4.47. The van der Waals surface area contributed by atoms with Gasteiger partial charge >= 0.3 is 5.97 Å². The minimum Gasteiger partial charge on any atom is -0.378 e. The van der Waals surface area contributed by atoms with Crippen LogP contribution in [0.15, 0.2) is 59.3 Å². The van der Waals surface area contributed by atoms with E-state index in [1.54, 1.807) is 0 Å². The molecule has 0 aliphatic carbocycles. The number of oxime groups is 1. The van der Waals surface area contributed by atoms with Crippen LogP contribution in [-0.4, -0.2) is 25.8 Å². The summed E-state index contributed by atoms with van der Waals surface area (Å²) in [7, 11) is 3.98. The number of benzene rings is 2. The van der Waals surface area contributed by atoms with E-state index in [0.717, 1.165) is 20.4 Å². The maximum absolute atomic E-state index is 12.0. The lowest BCUT2D eigenvalue weighted by molar-refractivity contribution is -0.136. The van der Waals surface area contributed by atoms with Crippen molar-refractivity contribution < 1.29 is 9.63 Å². The molecule has 0 amide bonds. The lowest BCUT2D eigenvalue weighted by atomic mass is 10.0. The Morgan fingerprint density at radius 1 is 1.13 bits per heavy atom. The molecule has 0 fully saturated rings. The van der Waals surface area contributed by atoms with E-state index in [1.807, 2.05) is 73.6 Å². The van der Waals surface area contributed by atoms with Gasteiger partial charge in [-0.25, -0.2) is 4.79 Å². The molecule has 0 N–H and O–H groups in total. The standard InChI is InChI=1S/C18H15IN2O2/c1-21(2)15-8-6-12(7-9-15)10-16-17(20-23-18(16)22)13-4-3-5-14(19)11-13/h3-11H,1-2H3. The van der Waals surface area contributed by atoms with Crippen molar-refractivity contribution in [3.63, 3.8) is 0 Å². The normalized spacial score (nSPS) is 15.5. The molecule has 3 rings (SSSR count). The van der Waals surface area contributed by atoms with Gasteiger partial charge < -0.3 is 9.74 Å². The molecule has 1 aliphatic rings. The Labute approximate surface area is 148 Å². The molecule has 116 valence electrons. The molecule has 1 heterocycles. The van der Waals surface area contributed by atoms with Crippen LogP contribution in [0.4, 0.5) is 5.69 Å². The number of anilines is 1. The first kappa shape index (κ1) is 15.7. The predicted molar refractivity (Wildman–Crippen MR) is 101 cm³/mol. The fourth-order valence-corrected chi connectivity index (χ4v) is 2.83. The maximum Gasteiger partial charge on any atom is 0.368 e. The predicted octanol–water partition coefficient (Wildman–Crippen LogP) is 3.70. The summed E-state index contributed by atoms with van der Waals surface area (Å²) < 4.78 is 1.08. The summed E-state index contributed by atoms with van der Waals surface area (Å²) in [5.74, 6) is -0.421. The molecule has 0 aromatic heterocycles. The van der Waals surface area contributed by atoms with Crippen LogP contribution in [0.3, 0.4) is 0 Å². The summed E-state index contributed by atoms with van der Waals surface area (Å²) in [6, 6.07) is 15.8. The van der Waals surface area contributed by atoms with E-state index >= 15 is 0 Å². The minimum atomic E-state index is -0.421. The van der Waals surface area contributed by atoms with Crippen molar-refractivity contribution in [2.45, 2.75) is 0 Å². The maximum atomic E-state index is 12.0. The summed E-state index contributed by atoms with van der Waals surface area (Å²) in [6.07, 6.45) is 1.81. The molecule has 0 bridgehead atoms. The highest BCUT2D eigenvalue weighted by Crippen LogP contribution is 2.22. The van der Waals surface area contributed by atoms with Gasteiger partial charge in [-0.05, 0) is 58.5 Å². The summed E-state index contributed by atoms with van der Waals surface area (Å²) >= 11 is 2.23. The Hall–Kier alpha value is -2.15. The zero-order valence-electron chi connectivity index (χ0n) is 12.8. The van der Waals surface area contributed by atoms with Crippen LogP contribution < -0.4 is 4.90 Å². The van der Waals surface area contributed by atoms with E-state index in [9.17, 15) is 4.79 Å². The van der Waals surface area contributed by atoms with Crippen molar-refractivity contribution in [1.82, 2.24) is 0 Å². The SMILES string of the molecule is CN(C)c1ccc(C=C2C(=O)ON=C2c2cccc(I)c2)cc1. The van der Waals surface area contributed by atoms with Crippen molar-refractivity contribution >= 4 is 46.0 Å². The van der Waals surface area contributed by atoms with Crippen LogP contribution in [0, 0.1) is 3.57 Å². The molecule has 0 spiro atoms. The van der Waals surface area contributed by atoms with Crippen LogP contribution in [0.5, 0.6) is 0 Å². The number of hydrogen-bond acceptors (Lipinski definition) is 4. The molecule has 0 unspecified atom stereocenters. The monoisotopic (exact) mass is 418 g/mol. The molecule has 23 heavy (non-hydrogen) atoms. The molecule has 4 nitrogen and oxygen atoms in total. The molecule has 0 atom stereocenters. The highest BCUT2D eigenvalue weighted by Gasteiger charge is 2.26. The highest BCUT2D eigenvalue weighted by molar-refractivity contribution is 14.1. The molecular weight excluding hydrogens is 403 g/mol. The average Bonchev–Trinajstić information content (AvgIpc) is 2.89. The number of carbonyl (C=O) groups excluding carboxylic acids is 1. The molecule has 2 aromatic rings. The summed E-state index contributed by atoms with van der Waals surface area (Å²) in [4.78, 5) is 18.9. The lowest BCUT2D eigenvalue weighted by Gasteiger charge is -2.11. The topological polar surface area (TPSA) is 41.9 Å². The number of halogens is 1. The molecule has 5 heteroatoms. The van der Waals surface area contributed by atoms with Crippen molar-refractivity contribution in [1.29, 1.82) is 0 Å². The lowest BCUT2D eigenvalue weighted by Crippen LogP contribution is -2.08. The second-order valence-corrected chi connectivity index (χ2v) is 6.62. The van der Waals surface area contributed by atoms with Crippen molar-refractivity contribution in [3.8, 4) is 0 Å². The Morgan fingerprint density at radius 3 is 2.52 bits per heavy atom. The van der Waals surface area contributed by atoms with Crippen LogP contribution in [0.25, 0.3) is 6.08 Å². The molecule has 0 saturated heterocycles. The first-order valence-electron chi connectivity index (χ1n) is 7.09. The van der Waals surface area contributed by atoms with Crippen molar-refractivity contribution in [2.24, 2.45) is 5.16 Å². The fourth-order valence-electron chi connectivity index (χ4n) is 2.29. The smallest absolute Gasteiger partial charge is 0.368 e. The van der Waals surface area contributed by atoms with Crippen LogP contribution >= 0.6 is 22.6 Å². The van der Waals surface area contributed by atoms with Gasteiger partial charge in [-0.3, -0.25) is 0 Å². The Bertz CT molecular complexity index is 808. The largest absolute Gasteiger partial charge is 0.378 e. The first-order valence-corrected chi connectivity index (χ1v) is 8.17. The molecule has 0 radical (unpaired) electrons. The Morgan fingerprint density at radius 2 is 1.87 bits per heavy atom. The number of hydrogen-bond donors (Lipinski definition) is 0. The third-order valence-electron chi connectivity index (χ3n) is 3.51. The van der Waals surface area contributed by atoms with Crippen molar-refractivity contribution in [3.05, 3.63) is 68.8 Å². The molecule has 1 aliphatic heterocycles. The second kappa shape index (κ2) is 6.54. The summed E-state index contributed by atoms with van der Waals surface area (Å²) in [5.41, 5.74) is 3.96. The van der Waals surface area contributed by atoms with Gasteiger partial charge in [0.05, 0.1) is 5.57 Å². The van der Waals surface area contributed by atoms with E-state index in [0.29, 0.717) is 11.3 Å². The van der Waals surface area contributed by atoms with E-state index in [1.165, 1.54) is 0 Å². The zero-order chi connectivity index (χ0) is 16.4. The van der Waals surface area contributed by atoms with Gasteiger partial charge in [0.1, 0.15) is 5.71 Å². The van der Waals surface area contributed by atoms with Gasteiger partial charge in [0.2, 0.25) is 0 Å². The molecule has 0 saturated carbocycles. The van der Waals surface area contributed by atoms with E-state index < -0.39 is 5.97 Å². The zero-order valence-corrected chi connectivity index (χ0v) is 14.9. The molecule has 2 aromatic carbocycles. The number of nitrogens with zero attached hydrogens (tertiary/aromatic N) is 2. The second-order valence-electron chi connectivity index (χ2n) is 5.37. The van der Waals surface area contributed by atoms with Crippen molar-refractivity contribution in [2.75, 3.05) is 19.0 Å². The Balaban J connectivity index is 1.96. The van der Waals surface area contributed by atoms with Crippen LogP contribution in [0.1, 0.15) is 11.1 Å². The van der Waals surface area contributed by atoms with Gasteiger partial charge in [-0.2, -0.15) is 0 Å². The van der Waals surface area contributed by atoms with Gasteiger partial charge in [0, 0.05) is 28.9 Å². The number of rotatable bonds is 3. The third kappa shape index (κ3) is 3.44. The van der Waals surface area contributed by atoms with E-state index in [-0.39, 0.29) is 0 Å². The average molecular weight is 418 g/mol. The highest BCUT2D eigenvalue weighted by atomic mass is 127. The van der Waals surface area contributed by atoms with Crippen LogP contribution in [0.2, 0.25) is 0 Å². The van der Waals surface area contributed by atoms with E-state index in [2.05, 4.69) is 27.7 Å². The van der Waals surface area contributed by atoms with Gasteiger partial charge in [0.25, 0.3) is 0 Å². The summed E-state index contributed by atoms with van der Waals surface area (Å²) in [6.45, 7) is 0. The molecular formula is C18H15IN2O2. The fraction of sp³-hybridized carbons (Fsp3) is 0.111. The number of carbonyl (C=O) groups is 1. The van der Waals surface area contributed by atoms with E-state index in [4.69, 9.17) is 4.84 Å².